The molecule has 1 amide bonds. The van der Waals surface area contributed by atoms with Gasteiger partial charge in [-0.1, -0.05) is 32.0 Å². The number of carbonyl (C=O) groups excluding carboxylic acids is 1. The summed E-state index contributed by atoms with van der Waals surface area (Å²) in [5.41, 5.74) is 1.23. The van der Waals surface area contributed by atoms with Crippen molar-refractivity contribution in [2.75, 3.05) is 7.05 Å². The number of halogens is 1. The van der Waals surface area contributed by atoms with Gasteiger partial charge in [-0.2, -0.15) is 0 Å². The first kappa shape index (κ1) is 13.6. The second-order valence-electron chi connectivity index (χ2n) is 3.09. The third-order valence-corrected chi connectivity index (χ3v) is 2.77. The molecule has 0 radical (unpaired) electrons. The van der Waals surface area contributed by atoms with Crippen LogP contribution in [0.5, 0.6) is 0 Å². The van der Waals surface area contributed by atoms with Gasteiger partial charge in [-0.25, -0.2) is 4.98 Å². The Morgan fingerprint density at radius 3 is 2.59 bits per heavy atom. The van der Waals surface area contributed by atoms with Gasteiger partial charge in [-0.3, -0.25) is 4.79 Å². The van der Waals surface area contributed by atoms with Crippen molar-refractivity contribution in [2.45, 2.75) is 13.8 Å². The van der Waals surface area contributed by atoms with E-state index in [9.17, 15) is 4.79 Å². The van der Waals surface area contributed by atoms with E-state index in [4.69, 9.17) is 0 Å². The molecule has 90 valence electrons. The van der Waals surface area contributed by atoms with Crippen LogP contribution in [-0.2, 0) is 0 Å². The number of hydrogen-bond donors (Lipinski definition) is 1. The Labute approximate surface area is 109 Å². The molecule has 17 heavy (non-hydrogen) atoms. The summed E-state index contributed by atoms with van der Waals surface area (Å²) in [4.78, 5) is 15.7. The van der Waals surface area contributed by atoms with Crippen LogP contribution in [0.4, 0.5) is 0 Å². The molecule has 0 unspecified atom stereocenters. The maximum atomic E-state index is 11.4. The minimum atomic E-state index is -0.173. The number of para-hydroxylation sites is 1. The Morgan fingerprint density at radius 2 is 1.94 bits per heavy atom. The van der Waals surface area contributed by atoms with Crippen LogP contribution in [0, 0.1) is 0 Å². The quantitative estimate of drug-likeness (QED) is 0.876. The van der Waals surface area contributed by atoms with Crippen LogP contribution in [0.15, 0.2) is 34.8 Å². The largest absolute Gasteiger partial charge is 0.354 e. The van der Waals surface area contributed by atoms with E-state index >= 15 is 0 Å². The fraction of sp³-hybridized carbons (Fsp3) is 0.231. The Kier molecular flexibility index (Phi) is 5.10. The average Bonchev–Trinajstić information content (AvgIpc) is 2.40. The summed E-state index contributed by atoms with van der Waals surface area (Å²) in [5.74, 6) is -0.173. The molecule has 2 aromatic rings. The molecule has 1 heterocycles. The molecule has 0 aliphatic carbocycles. The number of amides is 1. The van der Waals surface area contributed by atoms with Gasteiger partial charge in [-0.05, 0) is 28.1 Å². The van der Waals surface area contributed by atoms with Gasteiger partial charge >= 0.3 is 0 Å². The van der Waals surface area contributed by atoms with E-state index in [-0.39, 0.29) is 5.91 Å². The Morgan fingerprint density at radius 1 is 1.24 bits per heavy atom. The van der Waals surface area contributed by atoms with Crippen LogP contribution in [0.2, 0.25) is 0 Å². The highest BCUT2D eigenvalue weighted by atomic mass is 79.9. The number of hydrogen-bond acceptors (Lipinski definition) is 2. The smallest absolute Gasteiger partial charge is 0.269 e. The van der Waals surface area contributed by atoms with E-state index in [0.29, 0.717) is 5.69 Å². The van der Waals surface area contributed by atoms with Crippen LogP contribution in [0.25, 0.3) is 10.9 Å². The van der Waals surface area contributed by atoms with Crippen LogP contribution in [0.1, 0.15) is 24.3 Å². The number of benzene rings is 1. The standard InChI is InChI=1S/C11H9BrN2O.C2H6/c1-13-11(15)9-6-5-7-3-2-4-8(12)10(7)14-9;1-2/h2-6H,1H3,(H,13,15);1-2H3. The molecule has 0 atom stereocenters. The third-order valence-electron chi connectivity index (χ3n) is 2.13. The summed E-state index contributed by atoms with van der Waals surface area (Å²) >= 11 is 3.41. The second kappa shape index (κ2) is 6.35. The molecular formula is C13H15BrN2O. The van der Waals surface area contributed by atoms with Gasteiger partial charge in [0.05, 0.1) is 5.52 Å². The normalized spacial score (nSPS) is 9.41. The lowest BCUT2D eigenvalue weighted by atomic mass is 10.2. The zero-order valence-electron chi connectivity index (χ0n) is 10.1. The van der Waals surface area contributed by atoms with Gasteiger partial charge in [0, 0.05) is 16.9 Å². The summed E-state index contributed by atoms with van der Waals surface area (Å²) in [5, 5.41) is 3.56. The van der Waals surface area contributed by atoms with Gasteiger partial charge in [0.2, 0.25) is 0 Å². The summed E-state index contributed by atoms with van der Waals surface area (Å²) in [7, 11) is 1.59. The fourth-order valence-corrected chi connectivity index (χ4v) is 1.84. The average molecular weight is 295 g/mol. The first-order chi connectivity index (χ1) is 8.22. The molecule has 4 heteroatoms. The van der Waals surface area contributed by atoms with E-state index in [1.807, 2.05) is 38.1 Å². The van der Waals surface area contributed by atoms with E-state index in [1.54, 1.807) is 13.1 Å². The van der Waals surface area contributed by atoms with Crippen molar-refractivity contribution in [3.05, 3.63) is 40.5 Å². The number of nitrogens with zero attached hydrogens (tertiary/aromatic N) is 1. The van der Waals surface area contributed by atoms with E-state index in [0.717, 1.165) is 15.4 Å². The Balaban J connectivity index is 0.000000686. The predicted octanol–water partition coefficient (Wildman–Crippen LogP) is 3.38. The van der Waals surface area contributed by atoms with Crippen LogP contribution < -0.4 is 5.32 Å². The molecule has 3 nitrogen and oxygen atoms in total. The van der Waals surface area contributed by atoms with Crippen molar-refractivity contribution in [3.8, 4) is 0 Å². The molecule has 0 fully saturated rings. The van der Waals surface area contributed by atoms with Crippen molar-refractivity contribution in [1.82, 2.24) is 10.3 Å². The van der Waals surface area contributed by atoms with Gasteiger partial charge < -0.3 is 5.32 Å². The molecular weight excluding hydrogens is 280 g/mol. The van der Waals surface area contributed by atoms with Crippen molar-refractivity contribution < 1.29 is 4.79 Å². The summed E-state index contributed by atoms with van der Waals surface area (Å²) < 4.78 is 0.894. The monoisotopic (exact) mass is 294 g/mol. The first-order valence-electron chi connectivity index (χ1n) is 5.50. The lowest BCUT2D eigenvalue weighted by Gasteiger charge is -2.02. The lowest BCUT2D eigenvalue weighted by Crippen LogP contribution is -2.19. The van der Waals surface area contributed by atoms with Crippen molar-refractivity contribution in [1.29, 1.82) is 0 Å². The van der Waals surface area contributed by atoms with Crippen molar-refractivity contribution in [2.24, 2.45) is 0 Å². The molecule has 0 aliphatic heterocycles. The predicted molar refractivity (Wildman–Crippen MR) is 74.2 cm³/mol. The molecule has 2 rings (SSSR count). The Bertz CT molecular complexity index is 526. The zero-order chi connectivity index (χ0) is 12.8. The third kappa shape index (κ3) is 3.03. The minimum Gasteiger partial charge on any atom is -0.354 e. The van der Waals surface area contributed by atoms with Crippen LogP contribution in [-0.4, -0.2) is 17.9 Å². The van der Waals surface area contributed by atoms with E-state index < -0.39 is 0 Å². The number of nitrogens with one attached hydrogen (secondary N) is 1. The first-order valence-corrected chi connectivity index (χ1v) is 6.29. The molecule has 0 saturated heterocycles. The topological polar surface area (TPSA) is 42.0 Å². The number of rotatable bonds is 1. The summed E-state index contributed by atoms with van der Waals surface area (Å²) in [6.07, 6.45) is 0. The zero-order valence-corrected chi connectivity index (χ0v) is 11.7. The summed E-state index contributed by atoms with van der Waals surface area (Å²) in [6, 6.07) is 9.41. The fourth-order valence-electron chi connectivity index (χ4n) is 1.37. The van der Waals surface area contributed by atoms with Gasteiger partial charge in [0.1, 0.15) is 5.69 Å². The lowest BCUT2D eigenvalue weighted by molar-refractivity contribution is 0.0958. The minimum absolute atomic E-state index is 0.173. The summed E-state index contributed by atoms with van der Waals surface area (Å²) in [6.45, 7) is 4.00. The molecule has 0 spiro atoms. The molecule has 0 aliphatic rings. The SMILES string of the molecule is CC.CNC(=O)c1ccc2cccc(Br)c2n1. The Hall–Kier alpha value is -1.42. The highest BCUT2D eigenvalue weighted by Gasteiger charge is 2.06. The maximum Gasteiger partial charge on any atom is 0.269 e. The van der Waals surface area contributed by atoms with Crippen molar-refractivity contribution >= 4 is 32.7 Å². The van der Waals surface area contributed by atoms with Crippen LogP contribution >= 0.6 is 15.9 Å². The van der Waals surface area contributed by atoms with Gasteiger partial charge in [0.25, 0.3) is 5.91 Å². The molecule has 1 N–H and O–H groups in total. The van der Waals surface area contributed by atoms with Gasteiger partial charge in [-0.15, -0.1) is 0 Å². The maximum absolute atomic E-state index is 11.4. The van der Waals surface area contributed by atoms with E-state index in [1.165, 1.54) is 0 Å². The number of pyridine rings is 1. The highest BCUT2D eigenvalue weighted by molar-refractivity contribution is 9.10. The number of aromatic nitrogens is 1. The second-order valence-corrected chi connectivity index (χ2v) is 3.94. The van der Waals surface area contributed by atoms with E-state index in [2.05, 4.69) is 26.2 Å². The molecule has 0 bridgehead atoms. The molecule has 0 saturated carbocycles. The number of carbonyl (C=O) groups is 1. The molecule has 1 aromatic heterocycles. The highest BCUT2D eigenvalue weighted by Crippen LogP contribution is 2.21. The molecule has 1 aromatic carbocycles. The van der Waals surface area contributed by atoms with Gasteiger partial charge in [0.15, 0.2) is 0 Å². The van der Waals surface area contributed by atoms with Crippen molar-refractivity contribution in [3.63, 3.8) is 0 Å². The number of fused-ring (bicyclic) bond motifs is 1. The van der Waals surface area contributed by atoms with Crippen LogP contribution in [0.3, 0.4) is 0 Å².